The average molecular weight is 310 g/mol. The van der Waals surface area contributed by atoms with Crippen LogP contribution in [-0.2, 0) is 4.79 Å². The number of aromatic amines is 1. The topological polar surface area (TPSA) is 61.9 Å². The summed E-state index contributed by atoms with van der Waals surface area (Å²) >= 11 is 1.45. The van der Waals surface area contributed by atoms with E-state index < -0.39 is 0 Å². The first-order valence-electron chi connectivity index (χ1n) is 6.81. The van der Waals surface area contributed by atoms with Crippen LogP contribution >= 0.6 is 11.3 Å². The third-order valence-electron chi connectivity index (χ3n) is 3.39. The number of nitrogens with one attached hydrogen (secondary N) is 1. The van der Waals surface area contributed by atoms with Crippen LogP contribution in [0.25, 0.3) is 22.3 Å². The Kier molecular flexibility index (Phi) is 3.65. The minimum atomic E-state index is -0.0152. The first-order chi connectivity index (χ1) is 10.6. The lowest BCUT2D eigenvalue weighted by molar-refractivity contribution is -0.116. The van der Waals surface area contributed by atoms with Crippen LogP contribution in [-0.4, -0.2) is 27.4 Å². The van der Waals surface area contributed by atoms with Crippen molar-refractivity contribution in [1.29, 1.82) is 0 Å². The van der Waals surface area contributed by atoms with Crippen LogP contribution < -0.4 is 4.90 Å². The van der Waals surface area contributed by atoms with E-state index in [0.29, 0.717) is 11.7 Å². The zero-order valence-corrected chi connectivity index (χ0v) is 13.1. The Bertz CT molecular complexity index is 887. The molecule has 0 fully saturated rings. The Morgan fingerprint density at radius 3 is 3.05 bits per heavy atom. The van der Waals surface area contributed by atoms with Crippen molar-refractivity contribution in [3.8, 4) is 23.6 Å². The number of fused-ring (bicyclic) bond motifs is 1. The van der Waals surface area contributed by atoms with Gasteiger partial charge >= 0.3 is 0 Å². The molecule has 0 saturated heterocycles. The zero-order chi connectivity index (χ0) is 15.7. The molecule has 0 atom stereocenters. The van der Waals surface area contributed by atoms with Gasteiger partial charge in [-0.1, -0.05) is 5.92 Å². The number of hydrogen-bond donors (Lipinski definition) is 1. The summed E-state index contributed by atoms with van der Waals surface area (Å²) in [4.78, 5) is 25.3. The molecule has 0 unspecified atom stereocenters. The minimum Gasteiger partial charge on any atom is -0.345 e. The molecule has 0 spiro atoms. The van der Waals surface area contributed by atoms with Crippen molar-refractivity contribution in [2.75, 3.05) is 11.4 Å². The van der Waals surface area contributed by atoms with Crippen LogP contribution in [0.5, 0.6) is 0 Å². The van der Waals surface area contributed by atoms with Gasteiger partial charge in [0.15, 0.2) is 5.13 Å². The fraction of sp³-hybridized carbons (Fsp3) is 0.188. The van der Waals surface area contributed by atoms with E-state index in [4.69, 9.17) is 6.42 Å². The van der Waals surface area contributed by atoms with E-state index in [1.807, 2.05) is 24.6 Å². The van der Waals surface area contributed by atoms with Crippen molar-refractivity contribution >= 4 is 33.4 Å². The molecular weight excluding hydrogens is 296 g/mol. The number of hydrogen-bond acceptors (Lipinski definition) is 4. The SMILES string of the molecule is C#Cc1cnc2[nH]cc(-c3csc(N(CC)C(C)=O)n3)c2c1. The van der Waals surface area contributed by atoms with E-state index in [1.165, 1.54) is 11.3 Å². The molecule has 110 valence electrons. The van der Waals surface area contributed by atoms with Crippen molar-refractivity contribution in [1.82, 2.24) is 15.0 Å². The Labute approximate surface area is 132 Å². The molecule has 1 N–H and O–H groups in total. The van der Waals surface area contributed by atoms with Crippen molar-refractivity contribution in [2.45, 2.75) is 13.8 Å². The summed E-state index contributed by atoms with van der Waals surface area (Å²) in [6, 6.07) is 1.91. The third-order valence-corrected chi connectivity index (χ3v) is 4.26. The Morgan fingerprint density at radius 1 is 1.55 bits per heavy atom. The number of H-pyrrole nitrogens is 1. The fourth-order valence-corrected chi connectivity index (χ4v) is 3.23. The lowest BCUT2D eigenvalue weighted by Gasteiger charge is -2.14. The summed E-state index contributed by atoms with van der Waals surface area (Å²) < 4.78 is 0. The maximum atomic E-state index is 11.6. The van der Waals surface area contributed by atoms with Crippen molar-refractivity contribution in [3.05, 3.63) is 29.4 Å². The van der Waals surface area contributed by atoms with Gasteiger partial charge in [-0.15, -0.1) is 17.8 Å². The molecule has 5 nitrogen and oxygen atoms in total. The second-order valence-electron chi connectivity index (χ2n) is 4.75. The van der Waals surface area contributed by atoms with Gasteiger partial charge in [0.05, 0.1) is 5.69 Å². The number of nitrogens with zero attached hydrogens (tertiary/aromatic N) is 3. The van der Waals surface area contributed by atoms with E-state index in [-0.39, 0.29) is 5.91 Å². The lowest BCUT2D eigenvalue weighted by atomic mass is 10.1. The van der Waals surface area contributed by atoms with E-state index in [9.17, 15) is 4.79 Å². The van der Waals surface area contributed by atoms with E-state index >= 15 is 0 Å². The number of carbonyl (C=O) groups excluding carboxylic acids is 1. The highest BCUT2D eigenvalue weighted by atomic mass is 32.1. The van der Waals surface area contributed by atoms with Crippen LogP contribution in [0.15, 0.2) is 23.8 Å². The summed E-state index contributed by atoms with van der Waals surface area (Å²) in [5.41, 5.74) is 3.23. The molecule has 0 aliphatic heterocycles. The molecule has 0 aliphatic rings. The van der Waals surface area contributed by atoms with Gasteiger partial charge in [-0.2, -0.15) is 0 Å². The van der Waals surface area contributed by atoms with Crippen molar-refractivity contribution < 1.29 is 4.79 Å². The highest BCUT2D eigenvalue weighted by molar-refractivity contribution is 7.14. The molecule has 1 amide bonds. The van der Waals surface area contributed by atoms with Gasteiger partial charge in [0.2, 0.25) is 5.91 Å². The van der Waals surface area contributed by atoms with Gasteiger partial charge in [-0.3, -0.25) is 9.69 Å². The normalized spacial score (nSPS) is 10.6. The Morgan fingerprint density at radius 2 is 2.36 bits per heavy atom. The van der Waals surface area contributed by atoms with Gasteiger partial charge in [0.25, 0.3) is 0 Å². The summed E-state index contributed by atoms with van der Waals surface area (Å²) in [6.07, 6.45) is 8.95. The number of rotatable bonds is 3. The van der Waals surface area contributed by atoms with Gasteiger partial charge in [-0.25, -0.2) is 9.97 Å². The molecule has 3 aromatic heterocycles. The molecule has 3 aromatic rings. The summed E-state index contributed by atoms with van der Waals surface area (Å²) in [7, 11) is 0. The summed E-state index contributed by atoms with van der Waals surface area (Å²) in [5.74, 6) is 2.57. The smallest absolute Gasteiger partial charge is 0.225 e. The van der Waals surface area contributed by atoms with Crippen molar-refractivity contribution in [2.24, 2.45) is 0 Å². The quantitative estimate of drug-likeness (QED) is 0.756. The molecule has 0 saturated carbocycles. The largest absolute Gasteiger partial charge is 0.345 e. The highest BCUT2D eigenvalue weighted by Crippen LogP contribution is 2.32. The second-order valence-corrected chi connectivity index (χ2v) is 5.58. The number of amides is 1. The third kappa shape index (κ3) is 2.36. The predicted octanol–water partition coefficient (Wildman–Crippen LogP) is 3.04. The van der Waals surface area contributed by atoms with E-state index in [0.717, 1.165) is 27.9 Å². The molecule has 0 radical (unpaired) electrons. The van der Waals surface area contributed by atoms with Crippen LogP contribution in [0.2, 0.25) is 0 Å². The second kappa shape index (κ2) is 5.62. The van der Waals surface area contributed by atoms with Crippen molar-refractivity contribution in [3.63, 3.8) is 0 Å². The number of pyridine rings is 1. The number of aromatic nitrogens is 3. The first kappa shape index (κ1) is 14.3. The van der Waals surface area contributed by atoms with Crippen LogP contribution in [0.1, 0.15) is 19.4 Å². The monoisotopic (exact) mass is 310 g/mol. The van der Waals surface area contributed by atoms with Gasteiger partial charge < -0.3 is 4.98 Å². The highest BCUT2D eigenvalue weighted by Gasteiger charge is 2.16. The fourth-order valence-electron chi connectivity index (χ4n) is 2.30. The average Bonchev–Trinajstić information content (AvgIpc) is 3.13. The Balaban J connectivity index is 2.07. The van der Waals surface area contributed by atoms with Gasteiger partial charge in [-0.05, 0) is 13.0 Å². The number of thiazole rings is 1. The van der Waals surface area contributed by atoms with Crippen LogP contribution in [0.4, 0.5) is 5.13 Å². The molecule has 0 aliphatic carbocycles. The number of carbonyl (C=O) groups is 1. The standard InChI is InChI=1S/C16H14N4OS/c1-4-11-6-12-13(8-18-15(12)17-7-11)14-9-22-16(19-14)20(5-2)10(3)21/h1,6-9H,5H2,2-3H3,(H,17,18). The van der Waals surface area contributed by atoms with E-state index in [1.54, 1.807) is 18.0 Å². The molecule has 0 bridgehead atoms. The first-order valence-corrected chi connectivity index (χ1v) is 7.69. The molecule has 3 heterocycles. The van der Waals surface area contributed by atoms with Gasteiger partial charge in [0, 0.05) is 47.8 Å². The maximum absolute atomic E-state index is 11.6. The van der Waals surface area contributed by atoms with Crippen LogP contribution in [0.3, 0.4) is 0 Å². The van der Waals surface area contributed by atoms with E-state index in [2.05, 4.69) is 20.9 Å². The molecule has 22 heavy (non-hydrogen) atoms. The van der Waals surface area contributed by atoms with Crippen LogP contribution in [0, 0.1) is 12.3 Å². The number of terminal acetylenes is 1. The summed E-state index contributed by atoms with van der Waals surface area (Å²) in [5, 5.41) is 3.56. The zero-order valence-electron chi connectivity index (χ0n) is 12.3. The summed E-state index contributed by atoms with van der Waals surface area (Å²) in [6.45, 7) is 4.07. The number of anilines is 1. The van der Waals surface area contributed by atoms with Gasteiger partial charge in [0.1, 0.15) is 5.65 Å². The predicted molar refractivity (Wildman–Crippen MR) is 88.8 cm³/mol. The molecule has 3 rings (SSSR count). The minimum absolute atomic E-state index is 0.0152. The maximum Gasteiger partial charge on any atom is 0.225 e. The lowest BCUT2D eigenvalue weighted by Crippen LogP contribution is -2.27. The molecule has 6 heteroatoms. The molecule has 0 aromatic carbocycles. The molecular formula is C16H14N4OS. The Hall–Kier alpha value is -2.65.